The topological polar surface area (TPSA) is 51.0 Å². The van der Waals surface area contributed by atoms with E-state index in [-0.39, 0.29) is 5.91 Å². The molecule has 5 heteroatoms. The largest absolute Gasteiger partial charge is 0.347 e. The quantitative estimate of drug-likeness (QED) is 0.711. The van der Waals surface area contributed by atoms with E-state index in [1.54, 1.807) is 23.7 Å². The number of hydrogen-bond acceptors (Lipinski definition) is 3. The molecule has 0 bridgehead atoms. The molecule has 0 aromatic carbocycles. The summed E-state index contributed by atoms with van der Waals surface area (Å²) in [6.45, 7) is 0.291. The third kappa shape index (κ3) is 2.72. The number of likely N-dealkylation sites (N-methyl/N-ethyl adjacent to an activating group) is 1. The highest BCUT2D eigenvalue weighted by molar-refractivity contribution is 5.75. The SMILES string of the molecule is CN(C)C(=O)Cn1nnc2c1CCC=CCC2. The zero-order valence-electron chi connectivity index (χ0n) is 10.4. The summed E-state index contributed by atoms with van der Waals surface area (Å²) in [6.07, 6.45) is 8.21. The van der Waals surface area contributed by atoms with E-state index in [0.29, 0.717) is 6.54 Å². The molecule has 0 N–H and O–H groups in total. The Morgan fingerprint density at radius 2 is 2.06 bits per heavy atom. The average molecular weight is 234 g/mol. The molecule has 1 aliphatic carbocycles. The van der Waals surface area contributed by atoms with Gasteiger partial charge in [0.25, 0.3) is 0 Å². The van der Waals surface area contributed by atoms with Gasteiger partial charge in [0.15, 0.2) is 0 Å². The Morgan fingerprint density at radius 1 is 1.35 bits per heavy atom. The molecular formula is C12H18N4O. The van der Waals surface area contributed by atoms with Crippen molar-refractivity contribution in [2.24, 2.45) is 0 Å². The van der Waals surface area contributed by atoms with Crippen LogP contribution >= 0.6 is 0 Å². The summed E-state index contributed by atoms with van der Waals surface area (Å²) in [7, 11) is 3.51. The third-order valence-electron chi connectivity index (χ3n) is 2.96. The third-order valence-corrected chi connectivity index (χ3v) is 2.96. The van der Waals surface area contributed by atoms with E-state index in [9.17, 15) is 4.79 Å². The summed E-state index contributed by atoms with van der Waals surface area (Å²) in [5.74, 6) is 0.0512. The number of nitrogens with zero attached hydrogens (tertiary/aromatic N) is 4. The van der Waals surface area contributed by atoms with Gasteiger partial charge in [0, 0.05) is 14.1 Å². The van der Waals surface area contributed by atoms with E-state index in [2.05, 4.69) is 22.5 Å². The van der Waals surface area contributed by atoms with Crippen molar-refractivity contribution >= 4 is 5.91 Å². The molecule has 0 aliphatic heterocycles. The van der Waals surface area contributed by atoms with Gasteiger partial charge in [0.2, 0.25) is 5.91 Å². The van der Waals surface area contributed by atoms with Gasteiger partial charge in [0.05, 0.1) is 11.4 Å². The lowest BCUT2D eigenvalue weighted by Crippen LogP contribution is -2.27. The van der Waals surface area contributed by atoms with Gasteiger partial charge in [-0.3, -0.25) is 4.79 Å². The van der Waals surface area contributed by atoms with E-state index >= 15 is 0 Å². The molecule has 92 valence electrons. The van der Waals surface area contributed by atoms with Crippen LogP contribution in [0.25, 0.3) is 0 Å². The summed E-state index contributed by atoms with van der Waals surface area (Å²) in [5, 5.41) is 8.27. The highest BCUT2D eigenvalue weighted by Crippen LogP contribution is 2.14. The molecule has 0 unspecified atom stereocenters. The second-order valence-electron chi connectivity index (χ2n) is 4.48. The van der Waals surface area contributed by atoms with Crippen LogP contribution in [0.2, 0.25) is 0 Å². The standard InChI is InChI=1S/C12H18N4O/c1-15(2)12(17)9-16-11-8-6-4-3-5-7-10(11)13-14-16/h3-4H,5-9H2,1-2H3. The molecule has 0 radical (unpaired) electrons. The fourth-order valence-corrected chi connectivity index (χ4v) is 1.91. The first kappa shape index (κ1) is 11.8. The molecule has 0 atom stereocenters. The monoisotopic (exact) mass is 234 g/mol. The van der Waals surface area contributed by atoms with Gasteiger partial charge in [-0.25, -0.2) is 4.68 Å². The Labute approximate surface area is 101 Å². The van der Waals surface area contributed by atoms with Crippen molar-refractivity contribution in [3.63, 3.8) is 0 Å². The van der Waals surface area contributed by atoms with E-state index in [1.165, 1.54) is 0 Å². The molecule has 0 fully saturated rings. The summed E-state index contributed by atoms with van der Waals surface area (Å²) in [5.41, 5.74) is 2.16. The van der Waals surface area contributed by atoms with Crippen LogP contribution in [-0.2, 0) is 24.2 Å². The zero-order valence-corrected chi connectivity index (χ0v) is 10.4. The van der Waals surface area contributed by atoms with Crippen molar-refractivity contribution in [2.75, 3.05) is 14.1 Å². The Morgan fingerprint density at radius 3 is 2.76 bits per heavy atom. The summed E-state index contributed by atoms with van der Waals surface area (Å²) in [4.78, 5) is 13.3. The van der Waals surface area contributed by atoms with Crippen LogP contribution in [-0.4, -0.2) is 39.9 Å². The Kier molecular flexibility index (Phi) is 3.56. The van der Waals surface area contributed by atoms with Gasteiger partial charge in [-0.1, -0.05) is 17.4 Å². The van der Waals surface area contributed by atoms with Crippen LogP contribution in [0.3, 0.4) is 0 Å². The molecule has 0 saturated heterocycles. The second-order valence-corrected chi connectivity index (χ2v) is 4.48. The van der Waals surface area contributed by atoms with Crippen molar-refractivity contribution in [1.82, 2.24) is 19.9 Å². The van der Waals surface area contributed by atoms with Crippen LogP contribution in [0.5, 0.6) is 0 Å². The fraction of sp³-hybridized carbons (Fsp3) is 0.583. The molecule has 1 aromatic rings. The molecule has 0 spiro atoms. The van der Waals surface area contributed by atoms with Gasteiger partial charge < -0.3 is 4.90 Å². The van der Waals surface area contributed by atoms with Crippen molar-refractivity contribution in [2.45, 2.75) is 32.2 Å². The van der Waals surface area contributed by atoms with E-state index < -0.39 is 0 Å². The number of amides is 1. The number of rotatable bonds is 2. The van der Waals surface area contributed by atoms with Crippen molar-refractivity contribution in [3.8, 4) is 0 Å². The fourth-order valence-electron chi connectivity index (χ4n) is 1.91. The second kappa shape index (κ2) is 5.12. The van der Waals surface area contributed by atoms with Gasteiger partial charge in [-0.15, -0.1) is 5.10 Å². The summed E-state index contributed by atoms with van der Waals surface area (Å²) < 4.78 is 1.75. The first-order chi connectivity index (χ1) is 8.18. The predicted molar refractivity (Wildman–Crippen MR) is 64.5 cm³/mol. The lowest BCUT2D eigenvalue weighted by atomic mass is 10.1. The van der Waals surface area contributed by atoms with Gasteiger partial charge in [0.1, 0.15) is 6.54 Å². The first-order valence-corrected chi connectivity index (χ1v) is 5.95. The minimum absolute atomic E-state index is 0.0512. The Balaban J connectivity index is 2.17. The smallest absolute Gasteiger partial charge is 0.243 e. The highest BCUT2D eigenvalue weighted by Gasteiger charge is 2.15. The number of aromatic nitrogens is 3. The van der Waals surface area contributed by atoms with E-state index in [0.717, 1.165) is 37.1 Å². The van der Waals surface area contributed by atoms with Crippen LogP contribution in [0.4, 0.5) is 0 Å². The minimum Gasteiger partial charge on any atom is -0.347 e. The molecule has 17 heavy (non-hydrogen) atoms. The summed E-state index contributed by atoms with van der Waals surface area (Å²) >= 11 is 0. The molecule has 2 rings (SSSR count). The lowest BCUT2D eigenvalue weighted by molar-refractivity contribution is -0.129. The van der Waals surface area contributed by atoms with E-state index in [4.69, 9.17) is 0 Å². The lowest BCUT2D eigenvalue weighted by Gasteiger charge is -2.12. The van der Waals surface area contributed by atoms with Crippen LogP contribution < -0.4 is 0 Å². The molecule has 1 heterocycles. The van der Waals surface area contributed by atoms with Crippen LogP contribution in [0, 0.1) is 0 Å². The normalized spacial score (nSPS) is 14.9. The number of carbonyl (C=O) groups excluding carboxylic acids is 1. The highest BCUT2D eigenvalue weighted by atomic mass is 16.2. The number of aryl methyl sites for hydroxylation is 1. The molecule has 0 saturated carbocycles. The van der Waals surface area contributed by atoms with Crippen LogP contribution in [0.1, 0.15) is 24.2 Å². The molecule has 5 nitrogen and oxygen atoms in total. The molecule has 1 aliphatic rings. The first-order valence-electron chi connectivity index (χ1n) is 5.95. The molecule has 1 amide bonds. The minimum atomic E-state index is 0.0512. The Hall–Kier alpha value is -1.65. The van der Waals surface area contributed by atoms with Gasteiger partial charge >= 0.3 is 0 Å². The Bertz CT molecular complexity index is 434. The zero-order chi connectivity index (χ0) is 12.3. The van der Waals surface area contributed by atoms with Gasteiger partial charge in [-0.2, -0.15) is 0 Å². The van der Waals surface area contributed by atoms with E-state index in [1.807, 2.05) is 0 Å². The average Bonchev–Trinajstić information content (AvgIpc) is 2.59. The molecule has 1 aromatic heterocycles. The maximum atomic E-state index is 11.7. The maximum Gasteiger partial charge on any atom is 0.243 e. The summed E-state index contributed by atoms with van der Waals surface area (Å²) in [6, 6.07) is 0. The number of fused-ring (bicyclic) bond motifs is 1. The van der Waals surface area contributed by atoms with Crippen molar-refractivity contribution in [3.05, 3.63) is 23.5 Å². The maximum absolute atomic E-state index is 11.7. The van der Waals surface area contributed by atoms with Crippen molar-refractivity contribution in [1.29, 1.82) is 0 Å². The molecular weight excluding hydrogens is 216 g/mol. The number of carbonyl (C=O) groups is 1. The van der Waals surface area contributed by atoms with Crippen LogP contribution in [0.15, 0.2) is 12.2 Å². The van der Waals surface area contributed by atoms with Crippen molar-refractivity contribution < 1.29 is 4.79 Å². The number of allylic oxidation sites excluding steroid dienone is 2. The number of hydrogen-bond donors (Lipinski definition) is 0. The predicted octanol–water partition coefficient (Wildman–Crippen LogP) is 0.801. The van der Waals surface area contributed by atoms with Gasteiger partial charge in [-0.05, 0) is 25.7 Å².